The molecule has 2 aromatic carbocycles. The minimum Gasteiger partial charge on any atom is -0.309 e. The van der Waals surface area contributed by atoms with Crippen molar-refractivity contribution < 1.29 is 0 Å². The fourth-order valence-electron chi connectivity index (χ4n) is 4.28. The molecule has 1 aliphatic rings. The SMILES string of the molecule is Cc1cccc(CN2CCN(Cc3nc4scc(-c5ccccc5)c4c(=O)[nH]3)CC2)c1. The molecule has 5 nitrogen and oxygen atoms in total. The number of nitrogens with zero attached hydrogens (tertiary/aromatic N) is 3. The summed E-state index contributed by atoms with van der Waals surface area (Å²) in [5.41, 5.74) is 4.66. The summed E-state index contributed by atoms with van der Waals surface area (Å²) in [6.07, 6.45) is 0. The van der Waals surface area contributed by atoms with Gasteiger partial charge in [-0.2, -0.15) is 0 Å². The molecule has 0 aliphatic carbocycles. The Kier molecular flexibility index (Phi) is 5.68. The zero-order chi connectivity index (χ0) is 21.2. The monoisotopic (exact) mass is 430 g/mol. The molecule has 5 rings (SSSR count). The lowest BCUT2D eigenvalue weighted by molar-refractivity contribution is 0.120. The lowest BCUT2D eigenvalue weighted by atomic mass is 10.1. The van der Waals surface area contributed by atoms with E-state index in [1.807, 2.05) is 35.7 Å². The van der Waals surface area contributed by atoms with Crippen molar-refractivity contribution in [2.75, 3.05) is 26.2 Å². The highest BCUT2D eigenvalue weighted by Gasteiger charge is 2.19. The lowest BCUT2D eigenvalue weighted by Gasteiger charge is -2.34. The van der Waals surface area contributed by atoms with Gasteiger partial charge in [0.1, 0.15) is 10.7 Å². The first kappa shape index (κ1) is 20.1. The van der Waals surface area contributed by atoms with E-state index >= 15 is 0 Å². The normalized spacial score (nSPS) is 15.5. The van der Waals surface area contributed by atoms with Crippen LogP contribution in [0.3, 0.4) is 0 Å². The number of aryl methyl sites for hydroxylation is 1. The fraction of sp³-hybridized carbons (Fsp3) is 0.280. The summed E-state index contributed by atoms with van der Waals surface area (Å²) in [5, 5.41) is 2.73. The van der Waals surface area contributed by atoms with Gasteiger partial charge < -0.3 is 4.98 Å². The summed E-state index contributed by atoms with van der Waals surface area (Å²) in [6.45, 7) is 7.83. The average molecular weight is 431 g/mol. The molecule has 1 aliphatic heterocycles. The number of benzene rings is 2. The van der Waals surface area contributed by atoms with Crippen molar-refractivity contribution in [1.82, 2.24) is 19.8 Å². The molecule has 0 spiro atoms. The topological polar surface area (TPSA) is 52.2 Å². The Morgan fingerprint density at radius 1 is 0.968 bits per heavy atom. The Labute approximate surface area is 186 Å². The summed E-state index contributed by atoms with van der Waals surface area (Å²) >= 11 is 1.54. The Morgan fingerprint density at radius 3 is 2.45 bits per heavy atom. The summed E-state index contributed by atoms with van der Waals surface area (Å²) in [7, 11) is 0. The smallest absolute Gasteiger partial charge is 0.260 e. The third-order valence-electron chi connectivity index (χ3n) is 5.90. The number of aromatic amines is 1. The summed E-state index contributed by atoms with van der Waals surface area (Å²) < 4.78 is 0. The average Bonchev–Trinajstić information content (AvgIpc) is 3.20. The van der Waals surface area contributed by atoms with E-state index in [-0.39, 0.29) is 5.56 Å². The van der Waals surface area contributed by atoms with Gasteiger partial charge in [-0.25, -0.2) is 4.98 Å². The molecule has 6 heteroatoms. The molecule has 0 amide bonds. The van der Waals surface area contributed by atoms with Gasteiger partial charge in [-0.05, 0) is 18.1 Å². The van der Waals surface area contributed by atoms with Crippen LogP contribution >= 0.6 is 11.3 Å². The molecule has 0 saturated carbocycles. The van der Waals surface area contributed by atoms with E-state index in [2.05, 4.69) is 46.0 Å². The second-order valence-corrected chi connectivity index (χ2v) is 9.11. The standard InChI is InChI=1S/C25H26N4OS/c1-18-6-5-7-19(14-18)15-28-10-12-29(13-11-28)16-22-26-24(30)23-21(17-31-25(23)27-22)20-8-3-2-4-9-20/h2-9,14,17H,10-13,15-16H2,1H3,(H,26,27,30). The number of nitrogens with one attached hydrogen (secondary N) is 1. The molecule has 4 aromatic rings. The van der Waals surface area contributed by atoms with Crippen LogP contribution in [0.15, 0.2) is 64.8 Å². The number of thiophene rings is 1. The summed E-state index contributed by atoms with van der Waals surface area (Å²) in [6, 6.07) is 18.8. The maximum absolute atomic E-state index is 12.9. The van der Waals surface area contributed by atoms with Crippen molar-refractivity contribution in [2.24, 2.45) is 0 Å². The van der Waals surface area contributed by atoms with E-state index in [4.69, 9.17) is 4.98 Å². The van der Waals surface area contributed by atoms with E-state index in [1.54, 1.807) is 11.3 Å². The maximum atomic E-state index is 12.9. The van der Waals surface area contributed by atoms with Crippen molar-refractivity contribution in [3.63, 3.8) is 0 Å². The molecule has 1 N–H and O–H groups in total. The molecule has 0 radical (unpaired) electrons. The highest BCUT2D eigenvalue weighted by molar-refractivity contribution is 7.17. The first-order valence-electron chi connectivity index (χ1n) is 10.7. The first-order chi connectivity index (χ1) is 15.2. The van der Waals surface area contributed by atoms with Crippen LogP contribution in [0, 0.1) is 6.92 Å². The van der Waals surface area contributed by atoms with Crippen LogP contribution in [0.2, 0.25) is 0 Å². The second-order valence-electron chi connectivity index (χ2n) is 8.25. The van der Waals surface area contributed by atoms with Gasteiger partial charge in [0.05, 0.1) is 11.9 Å². The number of rotatable bonds is 5. The van der Waals surface area contributed by atoms with E-state index < -0.39 is 0 Å². The summed E-state index contributed by atoms with van der Waals surface area (Å²) in [5.74, 6) is 0.756. The molecule has 0 atom stereocenters. The molecule has 3 heterocycles. The molecular weight excluding hydrogens is 404 g/mol. The molecule has 1 fully saturated rings. The van der Waals surface area contributed by atoms with Crippen LogP contribution in [-0.2, 0) is 13.1 Å². The zero-order valence-electron chi connectivity index (χ0n) is 17.7. The third kappa shape index (κ3) is 4.46. The molecule has 0 bridgehead atoms. The van der Waals surface area contributed by atoms with Crippen LogP contribution in [0.1, 0.15) is 17.0 Å². The molecular formula is C25H26N4OS. The van der Waals surface area contributed by atoms with Crippen LogP contribution in [0.5, 0.6) is 0 Å². The minimum absolute atomic E-state index is 0.0433. The fourth-order valence-corrected chi connectivity index (χ4v) is 5.25. The highest BCUT2D eigenvalue weighted by atomic mass is 32.1. The van der Waals surface area contributed by atoms with E-state index in [9.17, 15) is 4.79 Å². The van der Waals surface area contributed by atoms with Crippen molar-refractivity contribution in [1.29, 1.82) is 0 Å². The van der Waals surface area contributed by atoms with Crippen molar-refractivity contribution in [2.45, 2.75) is 20.0 Å². The van der Waals surface area contributed by atoms with Gasteiger partial charge in [0.15, 0.2) is 0 Å². The van der Waals surface area contributed by atoms with Crippen LogP contribution < -0.4 is 5.56 Å². The molecule has 158 valence electrons. The second kappa shape index (κ2) is 8.75. The van der Waals surface area contributed by atoms with Gasteiger partial charge in [0.2, 0.25) is 0 Å². The number of hydrogen-bond donors (Lipinski definition) is 1. The molecule has 0 unspecified atom stereocenters. The van der Waals surface area contributed by atoms with E-state index in [0.29, 0.717) is 11.9 Å². The van der Waals surface area contributed by atoms with Crippen LogP contribution in [-0.4, -0.2) is 45.9 Å². The zero-order valence-corrected chi connectivity index (χ0v) is 18.5. The summed E-state index contributed by atoms with van der Waals surface area (Å²) in [4.78, 5) is 26.4. The van der Waals surface area contributed by atoms with Gasteiger partial charge in [-0.1, -0.05) is 60.2 Å². The highest BCUT2D eigenvalue weighted by Crippen LogP contribution is 2.30. The Bertz CT molecular complexity index is 1240. The van der Waals surface area contributed by atoms with Gasteiger partial charge in [-0.3, -0.25) is 14.6 Å². The molecule has 31 heavy (non-hydrogen) atoms. The predicted octanol–water partition coefficient (Wildman–Crippen LogP) is 4.28. The van der Waals surface area contributed by atoms with Crippen molar-refractivity contribution >= 4 is 21.6 Å². The van der Waals surface area contributed by atoms with Gasteiger partial charge >= 0.3 is 0 Å². The van der Waals surface area contributed by atoms with Gasteiger partial charge in [-0.15, -0.1) is 11.3 Å². The number of hydrogen-bond acceptors (Lipinski definition) is 5. The van der Waals surface area contributed by atoms with E-state index in [1.165, 1.54) is 11.1 Å². The lowest BCUT2D eigenvalue weighted by Crippen LogP contribution is -2.45. The van der Waals surface area contributed by atoms with Gasteiger partial charge in [0, 0.05) is 43.7 Å². The maximum Gasteiger partial charge on any atom is 0.260 e. The predicted molar refractivity (Wildman–Crippen MR) is 127 cm³/mol. The number of aromatic nitrogens is 2. The number of piperazine rings is 1. The molecule has 2 aromatic heterocycles. The molecule has 1 saturated heterocycles. The van der Waals surface area contributed by atoms with Crippen molar-refractivity contribution in [3.8, 4) is 11.1 Å². The van der Waals surface area contributed by atoms with Crippen molar-refractivity contribution in [3.05, 3.63) is 87.3 Å². The Balaban J connectivity index is 1.26. The largest absolute Gasteiger partial charge is 0.309 e. The van der Waals surface area contributed by atoms with Gasteiger partial charge in [0.25, 0.3) is 5.56 Å². The third-order valence-corrected chi connectivity index (χ3v) is 6.78. The quantitative estimate of drug-likeness (QED) is 0.514. The minimum atomic E-state index is -0.0433. The van der Waals surface area contributed by atoms with Crippen LogP contribution in [0.25, 0.3) is 21.3 Å². The Hall–Kier alpha value is -2.80. The van der Waals surface area contributed by atoms with Crippen LogP contribution in [0.4, 0.5) is 0 Å². The number of H-pyrrole nitrogens is 1. The number of fused-ring (bicyclic) bond motifs is 1. The Morgan fingerprint density at radius 2 is 1.71 bits per heavy atom. The first-order valence-corrected chi connectivity index (χ1v) is 11.6. The van der Waals surface area contributed by atoms with E-state index in [0.717, 1.165) is 54.5 Å².